The van der Waals surface area contributed by atoms with Crippen molar-refractivity contribution in [3.63, 3.8) is 0 Å². The van der Waals surface area contributed by atoms with Crippen molar-refractivity contribution in [1.82, 2.24) is 0 Å². The van der Waals surface area contributed by atoms with E-state index in [9.17, 15) is 17.6 Å². The van der Waals surface area contributed by atoms with Crippen molar-refractivity contribution in [2.75, 3.05) is 5.32 Å². The summed E-state index contributed by atoms with van der Waals surface area (Å²) in [5, 5.41) is 7.29. The van der Waals surface area contributed by atoms with Crippen LogP contribution in [0.25, 0.3) is 0 Å². The molecule has 0 aliphatic rings. The van der Waals surface area contributed by atoms with Crippen molar-refractivity contribution in [2.45, 2.75) is 18.2 Å². The number of nitrogens with two attached hydrogens (primary N) is 1. The Labute approximate surface area is 120 Å². The Morgan fingerprint density at radius 1 is 1.33 bits per heavy atom. The number of hydrogen-bond acceptors (Lipinski definition) is 4. The molecule has 0 bridgehead atoms. The average Bonchev–Trinajstić information content (AvgIpc) is 2.85. The highest BCUT2D eigenvalue weighted by molar-refractivity contribution is 7.89. The zero-order valence-corrected chi connectivity index (χ0v) is 11.9. The molecule has 0 fully saturated rings. The van der Waals surface area contributed by atoms with Gasteiger partial charge in [0.25, 0.3) is 5.91 Å². The van der Waals surface area contributed by atoms with Gasteiger partial charge in [-0.05, 0) is 30.3 Å². The second-order valence-corrected chi connectivity index (χ2v) is 5.86. The monoisotopic (exact) mass is 312 g/mol. The van der Waals surface area contributed by atoms with E-state index < -0.39 is 26.6 Å². The summed E-state index contributed by atoms with van der Waals surface area (Å²) in [5.41, 5.74) is -0.0292. The Bertz CT molecular complexity index is 783. The average molecular weight is 312 g/mol. The first-order chi connectivity index (χ1) is 9.79. The molecule has 6 nitrogen and oxygen atoms in total. The Morgan fingerprint density at radius 2 is 2.05 bits per heavy atom. The lowest BCUT2D eigenvalue weighted by Crippen LogP contribution is -2.15. The van der Waals surface area contributed by atoms with Gasteiger partial charge in [0.1, 0.15) is 11.6 Å². The van der Waals surface area contributed by atoms with Crippen LogP contribution >= 0.6 is 0 Å². The van der Waals surface area contributed by atoms with Crippen LogP contribution in [0.5, 0.6) is 0 Å². The molecule has 0 unspecified atom stereocenters. The van der Waals surface area contributed by atoms with Crippen LogP contribution in [0.15, 0.2) is 39.6 Å². The molecule has 2 rings (SSSR count). The van der Waals surface area contributed by atoms with Crippen LogP contribution in [-0.4, -0.2) is 14.3 Å². The zero-order valence-electron chi connectivity index (χ0n) is 11.1. The normalized spacial score (nSPS) is 11.4. The maximum atomic E-state index is 13.4. The highest BCUT2D eigenvalue weighted by Gasteiger charge is 2.15. The number of carbonyl (C=O) groups is 1. The maximum absolute atomic E-state index is 13.4. The van der Waals surface area contributed by atoms with Crippen LogP contribution in [0.3, 0.4) is 0 Å². The van der Waals surface area contributed by atoms with Crippen LogP contribution in [-0.2, 0) is 16.4 Å². The predicted octanol–water partition coefficient (Wildman–Crippen LogP) is 1.88. The number of nitrogens with one attached hydrogen (secondary N) is 1. The van der Waals surface area contributed by atoms with E-state index in [1.54, 1.807) is 6.07 Å². The third-order valence-corrected chi connectivity index (χ3v) is 3.58. The Morgan fingerprint density at radius 3 is 2.62 bits per heavy atom. The molecule has 3 N–H and O–H groups in total. The number of anilines is 1. The Kier molecular flexibility index (Phi) is 4.10. The number of benzene rings is 1. The molecular weight excluding hydrogens is 299 g/mol. The number of primary sulfonamides is 1. The SMILES string of the molecule is CCc1ccc(C(=O)Nc2cc(F)cc(S(N)(=O)=O)c2)o1. The molecule has 8 heteroatoms. The van der Waals surface area contributed by atoms with Crippen molar-refractivity contribution in [1.29, 1.82) is 0 Å². The molecule has 1 aromatic heterocycles. The standard InChI is InChI=1S/C13H13FN2O4S/c1-2-10-3-4-12(20-10)13(17)16-9-5-8(14)6-11(7-9)21(15,18)19/h3-7H,2H2,1H3,(H,16,17)(H2,15,18,19). The van der Waals surface area contributed by atoms with Gasteiger partial charge in [0.05, 0.1) is 4.90 Å². The maximum Gasteiger partial charge on any atom is 0.291 e. The van der Waals surface area contributed by atoms with Gasteiger partial charge in [0.15, 0.2) is 5.76 Å². The molecule has 0 aliphatic carbocycles. The van der Waals surface area contributed by atoms with Gasteiger partial charge in [0.2, 0.25) is 10.0 Å². The molecule has 0 atom stereocenters. The number of hydrogen-bond donors (Lipinski definition) is 2. The van der Waals surface area contributed by atoms with Gasteiger partial charge in [0, 0.05) is 12.1 Å². The molecule has 0 saturated carbocycles. The van der Waals surface area contributed by atoms with E-state index in [2.05, 4.69) is 5.32 Å². The number of halogens is 1. The minimum Gasteiger partial charge on any atom is -0.456 e. The summed E-state index contributed by atoms with van der Waals surface area (Å²) < 4.78 is 41.1. The topological polar surface area (TPSA) is 102 Å². The Hall–Kier alpha value is -2.19. The van der Waals surface area contributed by atoms with E-state index in [1.165, 1.54) is 6.07 Å². The first-order valence-corrected chi connectivity index (χ1v) is 7.57. The molecule has 2 aromatic rings. The molecule has 21 heavy (non-hydrogen) atoms. The molecule has 1 aromatic carbocycles. The molecular formula is C13H13FN2O4S. The number of carbonyl (C=O) groups excluding carboxylic acids is 1. The first-order valence-electron chi connectivity index (χ1n) is 6.03. The summed E-state index contributed by atoms with van der Waals surface area (Å²) in [6.07, 6.45) is 0.628. The summed E-state index contributed by atoms with van der Waals surface area (Å²) in [6.45, 7) is 1.87. The zero-order chi connectivity index (χ0) is 15.6. The lowest BCUT2D eigenvalue weighted by molar-refractivity contribution is 0.0995. The summed E-state index contributed by atoms with van der Waals surface area (Å²) in [6, 6.07) is 5.95. The van der Waals surface area contributed by atoms with Crippen molar-refractivity contribution < 1.29 is 22.0 Å². The highest BCUT2D eigenvalue weighted by atomic mass is 32.2. The van der Waals surface area contributed by atoms with Gasteiger partial charge in [-0.3, -0.25) is 4.79 Å². The lowest BCUT2D eigenvalue weighted by atomic mass is 10.3. The number of sulfonamides is 1. The summed E-state index contributed by atoms with van der Waals surface area (Å²) in [5.74, 6) is -0.760. The van der Waals surface area contributed by atoms with Crippen molar-refractivity contribution in [3.8, 4) is 0 Å². The molecule has 0 radical (unpaired) electrons. The van der Waals surface area contributed by atoms with Gasteiger partial charge in [-0.1, -0.05) is 6.92 Å². The molecule has 1 heterocycles. The molecule has 0 aliphatic heterocycles. The molecule has 1 amide bonds. The quantitative estimate of drug-likeness (QED) is 0.899. The number of furan rings is 1. The molecule has 0 spiro atoms. The molecule has 0 saturated heterocycles. The fourth-order valence-corrected chi connectivity index (χ4v) is 2.25. The van der Waals surface area contributed by atoms with E-state index in [0.717, 1.165) is 18.2 Å². The Balaban J connectivity index is 2.27. The lowest BCUT2D eigenvalue weighted by Gasteiger charge is -2.06. The first kappa shape index (κ1) is 15.2. The fraction of sp³-hybridized carbons (Fsp3) is 0.154. The van der Waals surface area contributed by atoms with Crippen molar-refractivity contribution >= 4 is 21.6 Å². The van der Waals surface area contributed by atoms with E-state index in [0.29, 0.717) is 12.2 Å². The van der Waals surface area contributed by atoms with Crippen LogP contribution in [0.2, 0.25) is 0 Å². The second kappa shape index (κ2) is 5.66. The smallest absolute Gasteiger partial charge is 0.291 e. The number of amides is 1. The van der Waals surface area contributed by atoms with E-state index in [1.807, 2.05) is 6.92 Å². The second-order valence-electron chi connectivity index (χ2n) is 4.29. The van der Waals surface area contributed by atoms with Crippen LogP contribution in [0.1, 0.15) is 23.2 Å². The van der Waals surface area contributed by atoms with Gasteiger partial charge < -0.3 is 9.73 Å². The minimum absolute atomic E-state index is 0.0292. The van der Waals surface area contributed by atoms with Crippen molar-refractivity contribution in [3.05, 3.63) is 47.7 Å². The third-order valence-electron chi connectivity index (χ3n) is 2.69. The number of rotatable bonds is 4. The molecule has 112 valence electrons. The fourth-order valence-electron chi connectivity index (χ4n) is 1.68. The van der Waals surface area contributed by atoms with E-state index >= 15 is 0 Å². The summed E-state index contributed by atoms with van der Waals surface area (Å²) in [7, 11) is -4.06. The largest absolute Gasteiger partial charge is 0.456 e. The van der Waals surface area contributed by atoms with Crippen LogP contribution in [0, 0.1) is 5.82 Å². The van der Waals surface area contributed by atoms with Gasteiger partial charge >= 0.3 is 0 Å². The van der Waals surface area contributed by atoms with Gasteiger partial charge in [-0.15, -0.1) is 0 Å². The highest BCUT2D eigenvalue weighted by Crippen LogP contribution is 2.18. The number of aryl methyl sites for hydroxylation is 1. The van der Waals surface area contributed by atoms with E-state index in [-0.39, 0.29) is 11.4 Å². The summed E-state index contributed by atoms with van der Waals surface area (Å²) >= 11 is 0. The van der Waals surface area contributed by atoms with E-state index in [4.69, 9.17) is 9.56 Å². The summed E-state index contributed by atoms with van der Waals surface area (Å²) in [4.78, 5) is 11.5. The predicted molar refractivity (Wildman–Crippen MR) is 73.8 cm³/mol. The van der Waals surface area contributed by atoms with Gasteiger partial charge in [-0.2, -0.15) is 0 Å². The van der Waals surface area contributed by atoms with Gasteiger partial charge in [-0.25, -0.2) is 17.9 Å². The van der Waals surface area contributed by atoms with Crippen molar-refractivity contribution in [2.24, 2.45) is 5.14 Å². The minimum atomic E-state index is -4.06. The van der Waals surface area contributed by atoms with Crippen LogP contribution in [0.4, 0.5) is 10.1 Å². The third kappa shape index (κ3) is 3.67. The van der Waals surface area contributed by atoms with Crippen LogP contribution < -0.4 is 10.5 Å².